The van der Waals surface area contributed by atoms with E-state index in [-0.39, 0.29) is 0 Å². The van der Waals surface area contributed by atoms with Crippen LogP contribution in [0.1, 0.15) is 18.3 Å². The highest BCUT2D eigenvalue weighted by Gasteiger charge is 2.37. The Kier molecular flexibility index (Phi) is 1.93. The van der Waals surface area contributed by atoms with Crippen LogP contribution in [0.25, 0.3) is 0 Å². The van der Waals surface area contributed by atoms with E-state index >= 15 is 0 Å². The second-order valence-corrected chi connectivity index (χ2v) is 2.79. The summed E-state index contributed by atoms with van der Waals surface area (Å²) in [6.07, 6.45) is -0.0644. The van der Waals surface area contributed by atoms with Gasteiger partial charge in [-0.2, -0.15) is 5.21 Å². The molecule has 1 saturated heterocycles. The van der Waals surface area contributed by atoms with Crippen molar-refractivity contribution in [2.24, 2.45) is 5.92 Å². The van der Waals surface area contributed by atoms with E-state index in [4.69, 9.17) is 9.84 Å². The van der Waals surface area contributed by atoms with Crippen LogP contribution in [0.5, 0.6) is 0 Å². The van der Waals surface area contributed by atoms with Gasteiger partial charge in [0, 0.05) is 6.61 Å². The average Bonchev–Trinajstić information content (AvgIpc) is 2.74. The smallest absolute Gasteiger partial charge is 0.309 e. The maximum Gasteiger partial charge on any atom is 0.309 e. The topological polar surface area (TPSA) is 101 Å². The average molecular weight is 184 g/mol. The summed E-state index contributed by atoms with van der Waals surface area (Å²) < 4.78 is 5.21. The van der Waals surface area contributed by atoms with Crippen LogP contribution in [-0.2, 0) is 9.53 Å². The predicted molar refractivity (Wildman–Crippen MR) is 38.6 cm³/mol. The number of ether oxygens (including phenoxy) is 1. The van der Waals surface area contributed by atoms with E-state index in [0.29, 0.717) is 18.9 Å². The van der Waals surface area contributed by atoms with Crippen LogP contribution >= 0.6 is 0 Å². The normalized spacial score (nSPS) is 27.7. The van der Waals surface area contributed by atoms with Gasteiger partial charge < -0.3 is 9.84 Å². The van der Waals surface area contributed by atoms with Gasteiger partial charge in [0.2, 0.25) is 5.82 Å². The maximum absolute atomic E-state index is 10.7. The lowest BCUT2D eigenvalue weighted by atomic mass is 10.0. The molecule has 0 unspecified atom stereocenters. The summed E-state index contributed by atoms with van der Waals surface area (Å²) >= 11 is 0. The number of carbonyl (C=O) groups is 1. The molecule has 0 aromatic carbocycles. The van der Waals surface area contributed by atoms with Gasteiger partial charge in [0.25, 0.3) is 0 Å². The van der Waals surface area contributed by atoms with Gasteiger partial charge >= 0.3 is 5.97 Å². The molecule has 70 valence electrons. The summed E-state index contributed by atoms with van der Waals surface area (Å²) in [7, 11) is 0. The zero-order valence-electron chi connectivity index (χ0n) is 6.67. The highest BCUT2D eigenvalue weighted by molar-refractivity contribution is 5.71. The monoisotopic (exact) mass is 184 g/mol. The molecule has 13 heavy (non-hydrogen) atoms. The van der Waals surface area contributed by atoms with Crippen molar-refractivity contribution < 1.29 is 14.6 Å². The van der Waals surface area contributed by atoms with Crippen molar-refractivity contribution in [3.05, 3.63) is 5.82 Å². The zero-order valence-corrected chi connectivity index (χ0v) is 6.67. The number of nitrogens with one attached hydrogen (secondary N) is 1. The number of hydrogen-bond acceptors (Lipinski definition) is 5. The third-order valence-corrected chi connectivity index (χ3v) is 2.03. The van der Waals surface area contributed by atoms with E-state index < -0.39 is 18.0 Å². The van der Waals surface area contributed by atoms with E-state index in [1.165, 1.54) is 0 Å². The minimum absolute atomic E-state index is 0.310. The molecule has 7 nitrogen and oxygen atoms in total. The summed E-state index contributed by atoms with van der Waals surface area (Å²) in [5.41, 5.74) is 0. The van der Waals surface area contributed by atoms with Crippen molar-refractivity contribution in [3.8, 4) is 0 Å². The van der Waals surface area contributed by atoms with Crippen LogP contribution in [0, 0.1) is 5.92 Å². The molecule has 7 heteroatoms. The molecule has 2 atom stereocenters. The first-order chi connectivity index (χ1) is 6.29. The van der Waals surface area contributed by atoms with E-state index in [9.17, 15) is 4.79 Å². The number of aromatic nitrogens is 4. The fourth-order valence-corrected chi connectivity index (χ4v) is 1.39. The Morgan fingerprint density at radius 2 is 2.54 bits per heavy atom. The Morgan fingerprint density at radius 1 is 1.69 bits per heavy atom. The molecular weight excluding hydrogens is 176 g/mol. The molecular formula is C6H8N4O3. The van der Waals surface area contributed by atoms with Crippen LogP contribution < -0.4 is 0 Å². The molecule has 0 bridgehead atoms. The summed E-state index contributed by atoms with van der Waals surface area (Å²) in [4.78, 5) is 10.7. The summed E-state index contributed by atoms with van der Waals surface area (Å²) in [6, 6.07) is 0. The van der Waals surface area contributed by atoms with Crippen molar-refractivity contribution in [2.75, 3.05) is 6.61 Å². The van der Waals surface area contributed by atoms with E-state index in [0.717, 1.165) is 0 Å². The Hall–Kier alpha value is -1.50. The Morgan fingerprint density at radius 3 is 3.15 bits per heavy atom. The molecule has 2 N–H and O–H groups in total. The number of tetrazole rings is 1. The number of H-pyrrole nitrogens is 1. The molecule has 0 saturated carbocycles. The first-order valence-electron chi connectivity index (χ1n) is 3.87. The lowest BCUT2D eigenvalue weighted by molar-refractivity contribution is -0.143. The number of hydrogen-bond donors (Lipinski definition) is 2. The van der Waals surface area contributed by atoms with Gasteiger partial charge in [0.1, 0.15) is 6.10 Å². The van der Waals surface area contributed by atoms with Crippen LogP contribution in [0.4, 0.5) is 0 Å². The van der Waals surface area contributed by atoms with Crippen LogP contribution in [0.2, 0.25) is 0 Å². The van der Waals surface area contributed by atoms with Crippen molar-refractivity contribution in [1.82, 2.24) is 20.6 Å². The Balaban J connectivity index is 2.19. The Bertz CT molecular complexity index is 299. The summed E-state index contributed by atoms with van der Waals surface area (Å²) in [5, 5.41) is 21.8. The standard InChI is InChI=1S/C6H8N4O3/c11-6(12)3-1-2-13-4(3)5-7-9-10-8-5/h3-4H,1-2H2,(H,11,12)(H,7,8,9,10)/t3-,4+/m0/s1. The molecule has 2 heterocycles. The number of nitrogens with zero attached hydrogens (tertiary/aromatic N) is 3. The van der Waals surface area contributed by atoms with Gasteiger partial charge in [0.15, 0.2) is 0 Å². The molecule has 1 aliphatic rings. The van der Waals surface area contributed by atoms with Crippen molar-refractivity contribution >= 4 is 5.97 Å². The quantitative estimate of drug-likeness (QED) is 0.634. The molecule has 0 amide bonds. The van der Waals surface area contributed by atoms with Gasteiger partial charge in [-0.15, -0.1) is 10.2 Å². The summed E-state index contributed by atoms with van der Waals surface area (Å²) in [5.74, 6) is -1.13. The lowest BCUT2D eigenvalue weighted by Crippen LogP contribution is -2.18. The predicted octanol–water partition coefficient (Wildman–Crippen LogP) is -0.638. The van der Waals surface area contributed by atoms with Gasteiger partial charge in [0.05, 0.1) is 5.92 Å². The third-order valence-electron chi connectivity index (χ3n) is 2.03. The molecule has 0 aliphatic carbocycles. The lowest BCUT2D eigenvalue weighted by Gasteiger charge is -2.09. The second kappa shape index (κ2) is 3.09. The molecule has 0 radical (unpaired) electrons. The fourth-order valence-electron chi connectivity index (χ4n) is 1.39. The van der Waals surface area contributed by atoms with E-state index in [1.807, 2.05) is 0 Å². The van der Waals surface area contributed by atoms with Crippen molar-refractivity contribution in [3.63, 3.8) is 0 Å². The maximum atomic E-state index is 10.7. The van der Waals surface area contributed by atoms with E-state index in [2.05, 4.69) is 20.6 Å². The highest BCUT2D eigenvalue weighted by Crippen LogP contribution is 2.31. The van der Waals surface area contributed by atoms with Crippen LogP contribution in [-0.4, -0.2) is 38.3 Å². The van der Waals surface area contributed by atoms with E-state index in [1.54, 1.807) is 0 Å². The molecule has 2 rings (SSSR count). The zero-order chi connectivity index (χ0) is 9.26. The first kappa shape index (κ1) is 8.11. The minimum atomic E-state index is -0.882. The molecule has 1 aromatic rings. The number of rotatable bonds is 2. The first-order valence-corrected chi connectivity index (χ1v) is 3.87. The SMILES string of the molecule is O=C(O)[C@H]1CCO[C@H]1c1nn[nH]n1. The number of aromatic amines is 1. The van der Waals surface area contributed by atoms with Crippen LogP contribution in [0.15, 0.2) is 0 Å². The minimum Gasteiger partial charge on any atom is -0.481 e. The van der Waals surface area contributed by atoms with Crippen LogP contribution in [0.3, 0.4) is 0 Å². The number of aliphatic carboxylic acids is 1. The fraction of sp³-hybridized carbons (Fsp3) is 0.667. The number of carboxylic acids is 1. The molecule has 1 fully saturated rings. The van der Waals surface area contributed by atoms with Gasteiger partial charge in [-0.3, -0.25) is 4.79 Å². The van der Waals surface area contributed by atoms with Gasteiger partial charge in [-0.25, -0.2) is 0 Å². The van der Waals surface area contributed by atoms with Crippen molar-refractivity contribution in [2.45, 2.75) is 12.5 Å². The highest BCUT2D eigenvalue weighted by atomic mass is 16.5. The summed E-state index contributed by atoms with van der Waals surface area (Å²) in [6.45, 7) is 0.427. The third kappa shape index (κ3) is 1.37. The Labute approximate surface area is 73.1 Å². The second-order valence-electron chi connectivity index (χ2n) is 2.79. The van der Waals surface area contributed by atoms with Gasteiger partial charge in [-0.05, 0) is 6.42 Å². The molecule has 1 aromatic heterocycles. The van der Waals surface area contributed by atoms with Crippen molar-refractivity contribution in [1.29, 1.82) is 0 Å². The largest absolute Gasteiger partial charge is 0.481 e. The molecule has 0 spiro atoms. The molecule has 1 aliphatic heterocycles. The van der Waals surface area contributed by atoms with Gasteiger partial charge in [-0.1, -0.05) is 5.21 Å². The number of carboxylic acid groups (broad SMARTS) is 1.